The highest BCUT2D eigenvalue weighted by molar-refractivity contribution is 7.19. The first-order chi connectivity index (χ1) is 13.2. The number of hydrogen-bond donors (Lipinski definition) is 1. The van der Waals surface area contributed by atoms with E-state index in [-0.39, 0.29) is 5.75 Å². The zero-order valence-corrected chi connectivity index (χ0v) is 16.8. The maximum absolute atomic E-state index is 10.3. The molecule has 0 spiro atoms. The van der Waals surface area contributed by atoms with E-state index in [2.05, 4.69) is 23.1 Å². The molecule has 1 aromatic heterocycles. The predicted molar refractivity (Wildman–Crippen MR) is 111 cm³/mol. The lowest BCUT2D eigenvalue weighted by molar-refractivity contribution is 0.157. The van der Waals surface area contributed by atoms with Crippen LogP contribution in [-0.2, 0) is 13.0 Å². The quantitative estimate of drug-likeness (QED) is 0.603. The van der Waals surface area contributed by atoms with Gasteiger partial charge in [-0.3, -0.25) is 4.90 Å². The predicted octanol–water partition coefficient (Wildman–Crippen LogP) is 5.78. The lowest BCUT2D eigenvalue weighted by Crippen LogP contribution is -2.36. The maximum Gasteiger partial charge on any atom is 0.160 e. The monoisotopic (exact) mass is 399 g/mol. The van der Waals surface area contributed by atoms with Crippen molar-refractivity contribution < 1.29 is 9.84 Å². The summed E-state index contributed by atoms with van der Waals surface area (Å²) in [6, 6.07) is 12.7. The summed E-state index contributed by atoms with van der Waals surface area (Å²) in [7, 11) is 1.61. The molecular weight excluding hydrogens is 378 g/mol. The van der Waals surface area contributed by atoms with Crippen molar-refractivity contribution in [1.82, 2.24) is 4.90 Å². The molecule has 1 N–H and O–H groups in total. The van der Waals surface area contributed by atoms with E-state index in [1.807, 2.05) is 18.2 Å². The Morgan fingerprint density at radius 1 is 1.26 bits per heavy atom. The van der Waals surface area contributed by atoms with Gasteiger partial charge in [0.05, 0.1) is 12.1 Å². The standard InChI is InChI=1S/C22H22ClNO2S/c1-26-18-10-14-8-9-24(22(13-6-7-13)16(14)11-17(18)25)12-20-21(23)15-4-2-3-5-19(15)27-20/h2-5,10-11,13,22,25H,6-9,12H2,1H3. The molecular formula is C22H22ClNO2S. The number of phenols is 1. The molecule has 0 radical (unpaired) electrons. The molecule has 1 aliphatic heterocycles. The Balaban J connectivity index is 1.51. The number of fused-ring (bicyclic) bond motifs is 2. The minimum absolute atomic E-state index is 0.239. The van der Waals surface area contributed by atoms with Gasteiger partial charge in [0.15, 0.2) is 11.5 Å². The molecule has 0 saturated heterocycles. The number of hydrogen-bond acceptors (Lipinski definition) is 4. The Kier molecular flexibility index (Phi) is 4.30. The van der Waals surface area contributed by atoms with E-state index in [4.69, 9.17) is 16.3 Å². The summed E-state index contributed by atoms with van der Waals surface area (Å²) in [6.07, 6.45) is 3.48. The largest absolute Gasteiger partial charge is 0.504 e. The zero-order valence-electron chi connectivity index (χ0n) is 15.2. The average molecular weight is 400 g/mol. The van der Waals surface area contributed by atoms with Gasteiger partial charge in [0, 0.05) is 34.1 Å². The van der Waals surface area contributed by atoms with Crippen molar-refractivity contribution in [3.05, 3.63) is 57.4 Å². The van der Waals surface area contributed by atoms with Gasteiger partial charge in [-0.2, -0.15) is 0 Å². The third-order valence-electron chi connectivity index (χ3n) is 5.84. The molecule has 0 bridgehead atoms. The average Bonchev–Trinajstić information content (AvgIpc) is 3.46. The van der Waals surface area contributed by atoms with Crippen LogP contribution in [0.3, 0.4) is 0 Å². The minimum atomic E-state index is 0.239. The third-order valence-corrected chi connectivity index (χ3v) is 7.54. The number of ether oxygens (including phenoxy) is 1. The molecule has 1 atom stereocenters. The normalized spacial score (nSPS) is 20.0. The van der Waals surface area contributed by atoms with Gasteiger partial charge in [-0.25, -0.2) is 0 Å². The van der Waals surface area contributed by atoms with Crippen molar-refractivity contribution >= 4 is 33.0 Å². The molecule has 3 aromatic rings. The topological polar surface area (TPSA) is 32.7 Å². The Bertz CT molecular complexity index is 1010. The van der Waals surface area contributed by atoms with Gasteiger partial charge in [-0.05, 0) is 54.5 Å². The number of nitrogens with zero attached hydrogens (tertiary/aromatic N) is 1. The van der Waals surface area contributed by atoms with Crippen LogP contribution in [0.15, 0.2) is 36.4 Å². The van der Waals surface area contributed by atoms with Crippen LogP contribution in [0.1, 0.15) is 34.9 Å². The molecule has 27 heavy (non-hydrogen) atoms. The van der Waals surface area contributed by atoms with Crippen molar-refractivity contribution in [3.63, 3.8) is 0 Å². The summed E-state index contributed by atoms with van der Waals surface area (Å²) in [5, 5.41) is 12.4. The highest BCUT2D eigenvalue weighted by Gasteiger charge is 2.40. The number of benzene rings is 2. The summed E-state index contributed by atoms with van der Waals surface area (Å²) in [6.45, 7) is 1.87. The molecule has 2 heterocycles. The number of thiophene rings is 1. The summed E-state index contributed by atoms with van der Waals surface area (Å²) in [5.41, 5.74) is 2.57. The Labute approximate surface area is 168 Å². The Morgan fingerprint density at radius 2 is 2.07 bits per heavy atom. The SMILES string of the molecule is COc1cc2c(cc1O)C(C1CC1)N(Cc1sc3ccccc3c1Cl)CC2. The summed E-state index contributed by atoms with van der Waals surface area (Å²) in [5.74, 6) is 1.48. The Hall–Kier alpha value is -1.75. The van der Waals surface area contributed by atoms with Gasteiger partial charge < -0.3 is 9.84 Å². The van der Waals surface area contributed by atoms with Crippen molar-refractivity contribution in [1.29, 1.82) is 0 Å². The van der Waals surface area contributed by atoms with Gasteiger partial charge in [-0.15, -0.1) is 11.3 Å². The van der Waals surface area contributed by atoms with E-state index in [9.17, 15) is 5.11 Å². The lowest BCUT2D eigenvalue weighted by Gasteiger charge is -2.38. The first-order valence-corrected chi connectivity index (χ1v) is 10.6. The van der Waals surface area contributed by atoms with Gasteiger partial charge in [-0.1, -0.05) is 29.8 Å². The van der Waals surface area contributed by atoms with E-state index in [1.165, 1.54) is 33.5 Å². The Morgan fingerprint density at radius 3 is 2.81 bits per heavy atom. The van der Waals surface area contributed by atoms with E-state index in [0.29, 0.717) is 17.7 Å². The maximum atomic E-state index is 10.3. The van der Waals surface area contributed by atoms with E-state index in [1.54, 1.807) is 18.4 Å². The van der Waals surface area contributed by atoms with Crippen molar-refractivity contribution in [2.24, 2.45) is 5.92 Å². The van der Waals surface area contributed by atoms with E-state index in [0.717, 1.165) is 29.9 Å². The molecule has 0 amide bonds. The first kappa shape index (κ1) is 17.4. The molecule has 5 heteroatoms. The van der Waals surface area contributed by atoms with Gasteiger partial charge >= 0.3 is 0 Å². The molecule has 2 aromatic carbocycles. The summed E-state index contributed by atoms with van der Waals surface area (Å²) >= 11 is 8.51. The molecule has 2 aliphatic rings. The number of phenolic OH excluding ortho intramolecular Hbond substituents is 1. The number of rotatable bonds is 4. The van der Waals surface area contributed by atoms with E-state index >= 15 is 0 Å². The summed E-state index contributed by atoms with van der Waals surface area (Å²) < 4.78 is 6.57. The van der Waals surface area contributed by atoms with Crippen LogP contribution in [0.5, 0.6) is 11.5 Å². The number of aromatic hydroxyl groups is 1. The van der Waals surface area contributed by atoms with Crippen LogP contribution in [0.25, 0.3) is 10.1 Å². The molecule has 1 unspecified atom stereocenters. The fourth-order valence-electron chi connectivity index (χ4n) is 4.37. The van der Waals surface area contributed by atoms with Crippen molar-refractivity contribution in [2.45, 2.75) is 31.8 Å². The van der Waals surface area contributed by atoms with Crippen LogP contribution in [0.4, 0.5) is 0 Å². The smallest absolute Gasteiger partial charge is 0.160 e. The molecule has 1 saturated carbocycles. The summed E-state index contributed by atoms with van der Waals surface area (Å²) in [4.78, 5) is 3.80. The molecule has 1 aliphatic carbocycles. The lowest BCUT2D eigenvalue weighted by atomic mass is 9.89. The molecule has 1 fully saturated rings. The van der Waals surface area contributed by atoms with E-state index < -0.39 is 0 Å². The second-order valence-electron chi connectivity index (χ2n) is 7.56. The molecule has 140 valence electrons. The fourth-order valence-corrected chi connectivity index (χ4v) is 5.89. The minimum Gasteiger partial charge on any atom is -0.504 e. The van der Waals surface area contributed by atoms with Gasteiger partial charge in [0.1, 0.15) is 0 Å². The zero-order chi connectivity index (χ0) is 18.5. The second kappa shape index (κ2) is 6.69. The van der Waals surface area contributed by atoms with Gasteiger partial charge in [0.2, 0.25) is 0 Å². The van der Waals surface area contributed by atoms with Gasteiger partial charge in [0.25, 0.3) is 0 Å². The van der Waals surface area contributed by atoms with Crippen LogP contribution < -0.4 is 4.74 Å². The number of halogens is 1. The molecule has 3 nitrogen and oxygen atoms in total. The fraction of sp³-hybridized carbons (Fsp3) is 0.364. The van der Waals surface area contributed by atoms with Crippen LogP contribution in [-0.4, -0.2) is 23.7 Å². The highest BCUT2D eigenvalue weighted by atomic mass is 35.5. The first-order valence-electron chi connectivity index (χ1n) is 9.45. The van der Waals surface area contributed by atoms with Crippen LogP contribution in [0, 0.1) is 5.92 Å². The van der Waals surface area contributed by atoms with Crippen LogP contribution >= 0.6 is 22.9 Å². The van der Waals surface area contributed by atoms with Crippen molar-refractivity contribution in [3.8, 4) is 11.5 Å². The third kappa shape index (κ3) is 3.00. The highest BCUT2D eigenvalue weighted by Crippen LogP contribution is 2.50. The number of methoxy groups -OCH3 is 1. The van der Waals surface area contributed by atoms with Crippen molar-refractivity contribution in [2.75, 3.05) is 13.7 Å². The van der Waals surface area contributed by atoms with Crippen LogP contribution in [0.2, 0.25) is 5.02 Å². The second-order valence-corrected chi connectivity index (χ2v) is 9.08. The molecule has 5 rings (SSSR count).